The van der Waals surface area contributed by atoms with Crippen LogP contribution in [0.1, 0.15) is 42.7 Å². The van der Waals surface area contributed by atoms with Crippen molar-refractivity contribution in [1.29, 1.82) is 0 Å². The Hall–Kier alpha value is -3.05. The molecule has 2 fully saturated rings. The summed E-state index contributed by atoms with van der Waals surface area (Å²) in [4.78, 5) is 7.29. The lowest BCUT2D eigenvalue weighted by atomic mass is 10.0. The molecule has 1 aromatic heterocycles. The third-order valence-electron chi connectivity index (χ3n) is 6.84. The normalized spacial score (nSPS) is 16.4. The number of nitrogens with zero attached hydrogens (tertiary/aromatic N) is 2. The number of hydrogen-bond acceptors (Lipinski definition) is 5. The van der Waals surface area contributed by atoms with Crippen molar-refractivity contribution in [2.24, 2.45) is 0 Å². The maximum Gasteiger partial charge on any atom is 0.164 e. The lowest BCUT2D eigenvalue weighted by Gasteiger charge is -2.36. The van der Waals surface area contributed by atoms with Gasteiger partial charge < -0.3 is 19.7 Å². The van der Waals surface area contributed by atoms with Crippen molar-refractivity contribution in [2.45, 2.75) is 44.2 Å². The van der Waals surface area contributed by atoms with Gasteiger partial charge in [-0.15, -0.1) is 0 Å². The molecule has 0 atom stereocenters. The first-order chi connectivity index (χ1) is 16.3. The average Bonchev–Trinajstić information content (AvgIpc) is 3.73. The Bertz CT molecular complexity index is 1080. The summed E-state index contributed by atoms with van der Waals surface area (Å²) < 4.78 is 11.4. The van der Waals surface area contributed by atoms with Crippen molar-refractivity contribution in [3.8, 4) is 22.8 Å². The highest BCUT2D eigenvalue weighted by Crippen LogP contribution is 2.49. The highest BCUT2D eigenvalue weighted by molar-refractivity contribution is 5.68. The highest BCUT2D eigenvalue weighted by atomic mass is 16.5. The number of aromatic nitrogens is 1. The molecule has 1 aliphatic carbocycles. The fourth-order valence-corrected chi connectivity index (χ4v) is 4.94. The van der Waals surface area contributed by atoms with Crippen LogP contribution in [0, 0.1) is 0 Å². The van der Waals surface area contributed by atoms with Gasteiger partial charge in [0.25, 0.3) is 0 Å². The standard InChI is InChI=1S/C28H33N3O2/c1-32-27-18-22(17-25(21-8-9-21)28(27)33-2)26-16-20(10-15-30-26)19-31(23-6-4-3-5-7-23)24-11-13-29-14-12-24/h3-7,10,15-18,21,24,29H,8-9,11-14,19H2,1-2H3. The van der Waals surface area contributed by atoms with Gasteiger partial charge in [0.15, 0.2) is 11.5 Å². The second-order valence-corrected chi connectivity index (χ2v) is 9.07. The molecule has 5 nitrogen and oxygen atoms in total. The molecule has 172 valence electrons. The molecule has 2 aromatic carbocycles. The largest absolute Gasteiger partial charge is 0.493 e. The van der Waals surface area contributed by atoms with Crippen molar-refractivity contribution in [1.82, 2.24) is 10.3 Å². The Kier molecular flexibility index (Phi) is 6.49. The lowest BCUT2D eigenvalue weighted by Crippen LogP contribution is -2.43. The molecule has 1 aliphatic heterocycles. The quantitative estimate of drug-likeness (QED) is 0.505. The van der Waals surface area contributed by atoms with Crippen LogP contribution in [0.3, 0.4) is 0 Å². The van der Waals surface area contributed by atoms with Crippen molar-refractivity contribution in [3.05, 3.63) is 71.9 Å². The van der Waals surface area contributed by atoms with Crippen LogP contribution in [-0.4, -0.2) is 38.3 Å². The molecule has 0 amide bonds. The van der Waals surface area contributed by atoms with Crippen molar-refractivity contribution in [2.75, 3.05) is 32.2 Å². The monoisotopic (exact) mass is 443 g/mol. The van der Waals surface area contributed by atoms with Gasteiger partial charge in [0, 0.05) is 35.6 Å². The number of hydrogen-bond donors (Lipinski definition) is 1. The van der Waals surface area contributed by atoms with Gasteiger partial charge in [0.2, 0.25) is 0 Å². The molecule has 5 rings (SSSR count). The van der Waals surface area contributed by atoms with E-state index in [0.29, 0.717) is 12.0 Å². The minimum Gasteiger partial charge on any atom is -0.493 e. The first kappa shape index (κ1) is 21.8. The number of anilines is 1. The molecule has 0 radical (unpaired) electrons. The third-order valence-corrected chi connectivity index (χ3v) is 6.84. The van der Waals surface area contributed by atoms with Crippen LogP contribution in [0.2, 0.25) is 0 Å². The molecule has 2 heterocycles. The predicted molar refractivity (Wildman–Crippen MR) is 133 cm³/mol. The van der Waals surface area contributed by atoms with Gasteiger partial charge in [-0.2, -0.15) is 0 Å². The first-order valence-electron chi connectivity index (χ1n) is 12.0. The zero-order chi connectivity index (χ0) is 22.6. The van der Waals surface area contributed by atoms with Crippen LogP contribution in [-0.2, 0) is 6.54 Å². The van der Waals surface area contributed by atoms with Crippen LogP contribution in [0.5, 0.6) is 11.5 Å². The molecule has 1 saturated carbocycles. The van der Waals surface area contributed by atoms with Crippen LogP contribution in [0.15, 0.2) is 60.8 Å². The summed E-state index contributed by atoms with van der Waals surface area (Å²) in [6.45, 7) is 3.02. The summed E-state index contributed by atoms with van der Waals surface area (Å²) in [6, 6.07) is 20.0. The maximum atomic E-state index is 5.69. The van der Waals surface area contributed by atoms with Gasteiger partial charge in [-0.3, -0.25) is 4.98 Å². The number of piperidine rings is 1. The van der Waals surface area contributed by atoms with Gasteiger partial charge in [0.1, 0.15) is 0 Å². The summed E-state index contributed by atoms with van der Waals surface area (Å²) in [5.41, 5.74) is 5.85. The molecule has 0 spiro atoms. The van der Waals surface area contributed by atoms with E-state index >= 15 is 0 Å². The Balaban J connectivity index is 1.47. The van der Waals surface area contributed by atoms with Crippen molar-refractivity contribution in [3.63, 3.8) is 0 Å². The summed E-state index contributed by atoms with van der Waals surface area (Å²) in [5.74, 6) is 2.20. The van der Waals surface area contributed by atoms with Crippen LogP contribution < -0.4 is 19.7 Å². The van der Waals surface area contributed by atoms with E-state index in [2.05, 4.69) is 64.8 Å². The Morgan fingerprint density at radius 1 is 0.939 bits per heavy atom. The Labute approximate surface area is 196 Å². The fraction of sp³-hybridized carbons (Fsp3) is 0.393. The zero-order valence-corrected chi connectivity index (χ0v) is 19.6. The molecule has 1 saturated heterocycles. The number of methoxy groups -OCH3 is 2. The summed E-state index contributed by atoms with van der Waals surface area (Å²) in [6.07, 6.45) is 6.67. The molecule has 2 aliphatic rings. The molecule has 5 heteroatoms. The van der Waals surface area contributed by atoms with Gasteiger partial charge in [-0.1, -0.05) is 18.2 Å². The first-order valence-corrected chi connectivity index (χ1v) is 12.0. The second-order valence-electron chi connectivity index (χ2n) is 9.07. The maximum absolute atomic E-state index is 5.69. The number of para-hydroxylation sites is 1. The van der Waals surface area contributed by atoms with Gasteiger partial charge in [-0.25, -0.2) is 0 Å². The van der Waals surface area contributed by atoms with Crippen molar-refractivity contribution < 1.29 is 9.47 Å². The van der Waals surface area contributed by atoms with E-state index < -0.39 is 0 Å². The van der Waals surface area contributed by atoms with Crippen LogP contribution >= 0.6 is 0 Å². The SMILES string of the molecule is COc1cc(-c2cc(CN(c3ccccc3)C3CCNCC3)ccn2)cc(C2CC2)c1OC. The minimum absolute atomic E-state index is 0.535. The lowest BCUT2D eigenvalue weighted by molar-refractivity contribution is 0.352. The number of pyridine rings is 1. The topological polar surface area (TPSA) is 46.6 Å². The minimum atomic E-state index is 0.535. The van der Waals surface area contributed by atoms with E-state index in [1.165, 1.54) is 29.7 Å². The van der Waals surface area contributed by atoms with E-state index in [0.717, 1.165) is 55.2 Å². The van der Waals surface area contributed by atoms with E-state index in [-0.39, 0.29) is 0 Å². The molecule has 3 aromatic rings. The Morgan fingerprint density at radius 2 is 1.73 bits per heavy atom. The van der Waals surface area contributed by atoms with E-state index in [1.54, 1.807) is 14.2 Å². The predicted octanol–water partition coefficient (Wildman–Crippen LogP) is 5.40. The highest BCUT2D eigenvalue weighted by Gasteiger charge is 2.29. The number of nitrogens with one attached hydrogen (secondary N) is 1. The average molecular weight is 444 g/mol. The fourth-order valence-electron chi connectivity index (χ4n) is 4.94. The molecular weight excluding hydrogens is 410 g/mol. The zero-order valence-electron chi connectivity index (χ0n) is 19.6. The summed E-state index contributed by atoms with van der Waals surface area (Å²) in [5, 5.41) is 3.50. The second kappa shape index (κ2) is 9.84. The number of rotatable bonds is 8. The molecule has 1 N–H and O–H groups in total. The van der Waals surface area contributed by atoms with E-state index in [4.69, 9.17) is 14.5 Å². The van der Waals surface area contributed by atoms with Crippen LogP contribution in [0.4, 0.5) is 5.69 Å². The molecule has 33 heavy (non-hydrogen) atoms. The van der Waals surface area contributed by atoms with Crippen molar-refractivity contribution >= 4 is 5.69 Å². The number of ether oxygens (including phenoxy) is 2. The summed E-state index contributed by atoms with van der Waals surface area (Å²) in [7, 11) is 3.43. The third kappa shape index (κ3) is 4.83. The van der Waals surface area contributed by atoms with Gasteiger partial charge in [0.05, 0.1) is 19.9 Å². The summed E-state index contributed by atoms with van der Waals surface area (Å²) >= 11 is 0. The molecule has 0 unspecified atom stereocenters. The molecule has 0 bridgehead atoms. The van der Waals surface area contributed by atoms with Crippen LogP contribution in [0.25, 0.3) is 11.3 Å². The van der Waals surface area contributed by atoms with Gasteiger partial charge >= 0.3 is 0 Å². The van der Waals surface area contributed by atoms with Gasteiger partial charge in [-0.05, 0) is 86.7 Å². The van der Waals surface area contributed by atoms with E-state index in [9.17, 15) is 0 Å². The number of benzene rings is 2. The molecular formula is C28H33N3O2. The van der Waals surface area contributed by atoms with E-state index in [1.807, 2.05) is 6.20 Å². The Morgan fingerprint density at radius 3 is 2.42 bits per heavy atom. The smallest absolute Gasteiger partial charge is 0.164 e.